The zero-order valence-corrected chi connectivity index (χ0v) is 10.7. The van der Waals surface area contributed by atoms with E-state index in [0.717, 1.165) is 16.0 Å². The minimum Gasteiger partial charge on any atom is -0.298 e. The van der Waals surface area contributed by atoms with Crippen LogP contribution in [-0.4, -0.2) is 11.1 Å². The average molecular weight is 294 g/mol. The van der Waals surface area contributed by atoms with Crippen molar-refractivity contribution in [3.8, 4) is 0 Å². The van der Waals surface area contributed by atoms with Crippen LogP contribution in [0.25, 0.3) is 0 Å². The highest BCUT2D eigenvalue weighted by Gasteiger charge is 2.09. The van der Waals surface area contributed by atoms with Crippen LogP contribution in [0.1, 0.15) is 11.1 Å². The van der Waals surface area contributed by atoms with Crippen LogP contribution < -0.4 is 0 Å². The Bertz CT molecular complexity index is 341. The van der Waals surface area contributed by atoms with Crippen LogP contribution in [0.2, 0.25) is 0 Å². The topological polar surface area (TPSA) is 17.1 Å². The SMILES string of the molecule is O=C(CBr)Cc1c(S)cccc1CCl. The maximum atomic E-state index is 11.3. The molecule has 76 valence electrons. The molecule has 0 aliphatic heterocycles. The largest absolute Gasteiger partial charge is 0.298 e. The zero-order chi connectivity index (χ0) is 10.6. The number of hydrogen-bond donors (Lipinski definition) is 1. The summed E-state index contributed by atoms with van der Waals surface area (Å²) in [6, 6.07) is 5.68. The van der Waals surface area contributed by atoms with Gasteiger partial charge in [0.05, 0.1) is 5.33 Å². The first kappa shape index (κ1) is 12.1. The van der Waals surface area contributed by atoms with E-state index in [-0.39, 0.29) is 5.78 Å². The second-order valence-corrected chi connectivity index (χ2v) is 4.21. The minimum atomic E-state index is 0.137. The smallest absolute Gasteiger partial charge is 0.147 e. The fourth-order valence-corrected chi connectivity index (χ4v) is 1.95. The van der Waals surface area contributed by atoms with Gasteiger partial charge in [0.2, 0.25) is 0 Å². The monoisotopic (exact) mass is 292 g/mol. The summed E-state index contributed by atoms with van der Waals surface area (Å²) in [6.45, 7) is 0. The van der Waals surface area contributed by atoms with Crippen LogP contribution in [0.15, 0.2) is 23.1 Å². The van der Waals surface area contributed by atoms with Crippen molar-refractivity contribution in [2.45, 2.75) is 17.2 Å². The summed E-state index contributed by atoms with van der Waals surface area (Å²) >= 11 is 13.2. The maximum Gasteiger partial charge on any atom is 0.147 e. The van der Waals surface area contributed by atoms with Gasteiger partial charge in [-0.25, -0.2) is 0 Å². The van der Waals surface area contributed by atoms with Gasteiger partial charge in [-0.15, -0.1) is 24.2 Å². The average Bonchev–Trinajstić information content (AvgIpc) is 2.20. The van der Waals surface area contributed by atoms with Crippen LogP contribution in [0, 0.1) is 0 Å². The number of carbonyl (C=O) groups excluding carboxylic acids is 1. The fourth-order valence-electron chi connectivity index (χ4n) is 1.19. The number of rotatable bonds is 4. The maximum absolute atomic E-state index is 11.3. The third kappa shape index (κ3) is 3.01. The normalized spacial score (nSPS) is 10.2. The highest BCUT2D eigenvalue weighted by Crippen LogP contribution is 2.21. The summed E-state index contributed by atoms with van der Waals surface area (Å²) in [5.74, 6) is 0.553. The lowest BCUT2D eigenvalue weighted by Gasteiger charge is -2.08. The molecule has 1 aromatic rings. The van der Waals surface area contributed by atoms with E-state index in [1.165, 1.54) is 0 Å². The Balaban J connectivity index is 2.98. The van der Waals surface area contributed by atoms with Crippen LogP contribution in [0.4, 0.5) is 0 Å². The predicted octanol–water partition coefficient (Wildman–Crippen LogP) is 3.22. The molecular formula is C10H10BrClOS. The number of alkyl halides is 2. The molecule has 0 heterocycles. The molecule has 1 nitrogen and oxygen atoms in total. The summed E-state index contributed by atoms with van der Waals surface area (Å²) in [7, 11) is 0. The van der Waals surface area contributed by atoms with Crippen molar-refractivity contribution in [2.24, 2.45) is 0 Å². The van der Waals surface area contributed by atoms with E-state index >= 15 is 0 Å². The summed E-state index contributed by atoms with van der Waals surface area (Å²) in [6.07, 6.45) is 0.396. The summed E-state index contributed by atoms with van der Waals surface area (Å²) < 4.78 is 0. The Morgan fingerprint density at radius 1 is 1.50 bits per heavy atom. The van der Waals surface area contributed by atoms with E-state index in [4.69, 9.17) is 11.6 Å². The highest BCUT2D eigenvalue weighted by molar-refractivity contribution is 9.09. The lowest BCUT2D eigenvalue weighted by Crippen LogP contribution is -2.06. The van der Waals surface area contributed by atoms with Gasteiger partial charge in [0.1, 0.15) is 5.78 Å². The van der Waals surface area contributed by atoms with E-state index in [1.54, 1.807) is 0 Å². The Labute approximate surface area is 102 Å². The Hall–Kier alpha value is 0.01000. The lowest BCUT2D eigenvalue weighted by molar-refractivity contribution is -0.115. The Morgan fingerprint density at radius 3 is 2.79 bits per heavy atom. The highest BCUT2D eigenvalue weighted by atomic mass is 79.9. The third-order valence-corrected chi connectivity index (χ3v) is 3.25. The van der Waals surface area contributed by atoms with E-state index in [0.29, 0.717) is 17.6 Å². The van der Waals surface area contributed by atoms with Crippen LogP contribution in [0.3, 0.4) is 0 Å². The molecule has 0 bridgehead atoms. The van der Waals surface area contributed by atoms with Gasteiger partial charge < -0.3 is 0 Å². The number of benzene rings is 1. The van der Waals surface area contributed by atoms with Gasteiger partial charge in [0, 0.05) is 17.2 Å². The van der Waals surface area contributed by atoms with Gasteiger partial charge in [-0.2, -0.15) is 0 Å². The van der Waals surface area contributed by atoms with Crippen molar-refractivity contribution in [1.82, 2.24) is 0 Å². The van der Waals surface area contributed by atoms with Crippen molar-refractivity contribution in [1.29, 1.82) is 0 Å². The Morgan fingerprint density at radius 2 is 2.21 bits per heavy atom. The van der Waals surface area contributed by atoms with Crippen molar-refractivity contribution < 1.29 is 4.79 Å². The molecule has 0 fully saturated rings. The summed E-state index contributed by atoms with van der Waals surface area (Å²) in [5, 5.41) is 0.372. The third-order valence-electron chi connectivity index (χ3n) is 1.92. The molecular weight excluding hydrogens is 284 g/mol. The fraction of sp³-hybridized carbons (Fsp3) is 0.300. The Kier molecular flexibility index (Phi) is 4.99. The van der Waals surface area contributed by atoms with Crippen LogP contribution >= 0.6 is 40.2 Å². The minimum absolute atomic E-state index is 0.137. The molecule has 0 aromatic heterocycles. The molecule has 1 rings (SSSR count). The van der Waals surface area contributed by atoms with Crippen LogP contribution in [0.5, 0.6) is 0 Å². The van der Waals surface area contributed by atoms with Crippen molar-refractivity contribution in [2.75, 3.05) is 5.33 Å². The molecule has 0 saturated heterocycles. The molecule has 0 N–H and O–H groups in total. The second-order valence-electron chi connectivity index (χ2n) is 2.90. The number of halogens is 2. The van der Waals surface area contributed by atoms with Gasteiger partial charge in [-0.05, 0) is 17.2 Å². The first-order valence-corrected chi connectivity index (χ1v) is 6.22. The standard InChI is InChI=1S/C10H10BrClOS/c11-5-8(13)4-9-7(6-12)2-1-3-10(9)14/h1-3,14H,4-6H2. The molecule has 0 unspecified atom stereocenters. The quantitative estimate of drug-likeness (QED) is 0.666. The van der Waals surface area contributed by atoms with Gasteiger partial charge in [0.15, 0.2) is 0 Å². The second kappa shape index (κ2) is 5.79. The van der Waals surface area contributed by atoms with Gasteiger partial charge in [0.25, 0.3) is 0 Å². The van der Waals surface area contributed by atoms with Crippen LogP contribution in [-0.2, 0) is 17.1 Å². The molecule has 1 aromatic carbocycles. The number of ketones is 1. The van der Waals surface area contributed by atoms with E-state index in [1.807, 2.05) is 18.2 Å². The molecule has 0 atom stereocenters. The van der Waals surface area contributed by atoms with E-state index in [2.05, 4.69) is 28.6 Å². The molecule has 4 heteroatoms. The van der Waals surface area contributed by atoms with E-state index < -0.39 is 0 Å². The van der Waals surface area contributed by atoms with Gasteiger partial charge in [-0.3, -0.25) is 4.79 Å². The van der Waals surface area contributed by atoms with Crippen molar-refractivity contribution in [3.63, 3.8) is 0 Å². The van der Waals surface area contributed by atoms with Gasteiger partial charge >= 0.3 is 0 Å². The lowest BCUT2D eigenvalue weighted by atomic mass is 10.0. The number of thiol groups is 1. The molecule has 0 radical (unpaired) electrons. The molecule has 14 heavy (non-hydrogen) atoms. The number of hydrogen-bond acceptors (Lipinski definition) is 2. The summed E-state index contributed by atoms with van der Waals surface area (Å²) in [4.78, 5) is 12.1. The van der Waals surface area contributed by atoms with Gasteiger partial charge in [-0.1, -0.05) is 28.1 Å². The number of Topliss-reactive ketones (excluding diaryl/α,β-unsaturated/α-hetero) is 1. The molecule has 0 amide bonds. The molecule has 0 aliphatic rings. The predicted molar refractivity (Wildman–Crippen MR) is 65.8 cm³/mol. The number of carbonyl (C=O) groups is 1. The zero-order valence-electron chi connectivity index (χ0n) is 7.46. The first-order valence-electron chi connectivity index (χ1n) is 4.12. The summed E-state index contributed by atoms with van der Waals surface area (Å²) in [5.41, 5.74) is 1.92. The van der Waals surface area contributed by atoms with Crippen molar-refractivity contribution >= 4 is 45.9 Å². The van der Waals surface area contributed by atoms with Crippen molar-refractivity contribution in [3.05, 3.63) is 29.3 Å². The molecule has 0 saturated carbocycles. The van der Waals surface area contributed by atoms with E-state index in [9.17, 15) is 4.79 Å². The first-order chi connectivity index (χ1) is 6.69. The molecule has 0 aliphatic carbocycles. The molecule has 0 spiro atoms.